The highest BCUT2D eigenvalue weighted by Gasteiger charge is 2.28. The molecule has 2 heterocycles. The molecule has 0 spiro atoms. The molecule has 1 fully saturated rings. The third-order valence-electron chi connectivity index (χ3n) is 5.78. The first-order valence-corrected chi connectivity index (χ1v) is 10.1. The first-order chi connectivity index (χ1) is 13.6. The summed E-state index contributed by atoms with van der Waals surface area (Å²) in [7, 11) is 1.86. The molecule has 2 atom stereocenters. The third-order valence-corrected chi connectivity index (χ3v) is 5.78. The van der Waals surface area contributed by atoms with Gasteiger partial charge in [-0.25, -0.2) is 0 Å². The first-order valence-electron chi connectivity index (χ1n) is 10.1. The van der Waals surface area contributed by atoms with E-state index in [0.29, 0.717) is 13.1 Å². The summed E-state index contributed by atoms with van der Waals surface area (Å²) in [6.45, 7) is 2.21. The van der Waals surface area contributed by atoms with Crippen LogP contribution in [0.4, 0.5) is 5.69 Å². The van der Waals surface area contributed by atoms with Gasteiger partial charge in [-0.2, -0.15) is 0 Å². The van der Waals surface area contributed by atoms with E-state index in [9.17, 15) is 9.90 Å². The van der Waals surface area contributed by atoms with E-state index in [4.69, 9.17) is 4.74 Å². The summed E-state index contributed by atoms with van der Waals surface area (Å²) < 4.78 is 5.96. The number of amides is 1. The minimum atomic E-state index is -0.399. The highest BCUT2D eigenvalue weighted by molar-refractivity contribution is 5.81. The molecule has 1 amide bonds. The van der Waals surface area contributed by atoms with E-state index in [1.165, 1.54) is 16.8 Å². The van der Waals surface area contributed by atoms with Crippen molar-refractivity contribution in [2.75, 3.05) is 31.6 Å². The van der Waals surface area contributed by atoms with Gasteiger partial charge in [0.15, 0.2) is 6.10 Å². The zero-order chi connectivity index (χ0) is 19.5. The highest BCUT2D eigenvalue weighted by atomic mass is 16.5. The number of aliphatic hydroxyl groups excluding tert-OH is 1. The van der Waals surface area contributed by atoms with Crippen molar-refractivity contribution in [3.05, 3.63) is 59.7 Å². The van der Waals surface area contributed by atoms with Gasteiger partial charge >= 0.3 is 0 Å². The Balaban J connectivity index is 1.37. The number of nitrogens with zero attached hydrogens (tertiary/aromatic N) is 2. The number of benzene rings is 2. The zero-order valence-corrected chi connectivity index (χ0v) is 16.4. The van der Waals surface area contributed by atoms with Crippen LogP contribution in [0.15, 0.2) is 48.5 Å². The monoisotopic (exact) mass is 380 g/mol. The fourth-order valence-corrected chi connectivity index (χ4v) is 4.13. The average molecular weight is 380 g/mol. The lowest BCUT2D eigenvalue weighted by Crippen LogP contribution is -2.42. The SMILES string of the molecule is CN(CCc1ccccc1N1CC[C@H](O)C1)C(=O)C1CCc2ccccc2O1. The van der Waals surface area contributed by atoms with E-state index in [-0.39, 0.29) is 12.0 Å². The summed E-state index contributed by atoms with van der Waals surface area (Å²) in [6, 6.07) is 16.2. The van der Waals surface area contributed by atoms with Gasteiger partial charge in [-0.15, -0.1) is 0 Å². The molecule has 2 aliphatic rings. The quantitative estimate of drug-likeness (QED) is 0.867. The number of para-hydroxylation sites is 2. The summed E-state index contributed by atoms with van der Waals surface area (Å²) in [5, 5.41) is 9.85. The van der Waals surface area contributed by atoms with Crippen LogP contribution in [0, 0.1) is 0 Å². The predicted octanol–water partition coefficient (Wildman–Crippen LogP) is 2.65. The van der Waals surface area contributed by atoms with E-state index < -0.39 is 6.10 Å². The molecule has 0 aromatic heterocycles. The number of rotatable bonds is 5. The number of hydrogen-bond donors (Lipinski definition) is 1. The summed E-state index contributed by atoms with van der Waals surface area (Å²) in [4.78, 5) is 16.9. The maximum atomic E-state index is 12.9. The standard InChI is InChI=1S/C23H28N2O3/c1-24(23(27)22-11-10-18-7-3-5-9-21(18)28-22)14-12-17-6-2-4-8-20(17)25-15-13-19(26)16-25/h2-9,19,22,26H,10-16H2,1H3/t19-,22?/m0/s1. The van der Waals surface area contributed by atoms with Crippen molar-refractivity contribution in [2.24, 2.45) is 0 Å². The molecule has 0 saturated carbocycles. The van der Waals surface area contributed by atoms with Gasteiger partial charge in [0.05, 0.1) is 6.10 Å². The molecule has 1 saturated heterocycles. The molecule has 0 aliphatic carbocycles. The fraction of sp³-hybridized carbons (Fsp3) is 0.435. The van der Waals surface area contributed by atoms with E-state index in [2.05, 4.69) is 23.1 Å². The second kappa shape index (κ2) is 8.23. The van der Waals surface area contributed by atoms with Crippen LogP contribution in [0.1, 0.15) is 24.0 Å². The highest BCUT2D eigenvalue weighted by Crippen LogP contribution is 2.28. The van der Waals surface area contributed by atoms with Gasteiger partial charge in [0.25, 0.3) is 5.91 Å². The van der Waals surface area contributed by atoms with Crippen LogP contribution in [0.3, 0.4) is 0 Å². The summed E-state index contributed by atoms with van der Waals surface area (Å²) in [5.41, 5.74) is 3.56. The van der Waals surface area contributed by atoms with Crippen molar-refractivity contribution >= 4 is 11.6 Å². The zero-order valence-electron chi connectivity index (χ0n) is 16.4. The van der Waals surface area contributed by atoms with Gasteiger partial charge in [-0.3, -0.25) is 4.79 Å². The van der Waals surface area contributed by atoms with E-state index in [1.54, 1.807) is 4.90 Å². The number of carbonyl (C=O) groups is 1. The molecule has 1 unspecified atom stereocenters. The van der Waals surface area contributed by atoms with Crippen LogP contribution in [0.5, 0.6) is 5.75 Å². The number of β-amino-alcohol motifs (C(OH)–C–C–N with tert-alkyl or cyclic N) is 1. The number of anilines is 1. The van der Waals surface area contributed by atoms with Crippen molar-refractivity contribution < 1.29 is 14.6 Å². The Kier molecular flexibility index (Phi) is 5.53. The number of carbonyl (C=O) groups excluding carboxylic acids is 1. The Morgan fingerprint density at radius 1 is 1.18 bits per heavy atom. The predicted molar refractivity (Wildman–Crippen MR) is 110 cm³/mol. The Labute approximate surface area is 166 Å². The fourth-order valence-electron chi connectivity index (χ4n) is 4.13. The van der Waals surface area contributed by atoms with E-state index >= 15 is 0 Å². The number of fused-ring (bicyclic) bond motifs is 1. The van der Waals surface area contributed by atoms with Crippen LogP contribution in [-0.4, -0.2) is 54.8 Å². The lowest BCUT2D eigenvalue weighted by molar-refractivity contribution is -0.138. The molecule has 2 aliphatic heterocycles. The molecule has 5 heteroatoms. The van der Waals surface area contributed by atoms with Crippen LogP contribution >= 0.6 is 0 Å². The minimum Gasteiger partial charge on any atom is -0.480 e. The number of likely N-dealkylation sites (N-methyl/N-ethyl adjacent to an activating group) is 1. The van der Waals surface area contributed by atoms with Crippen molar-refractivity contribution in [2.45, 2.75) is 37.9 Å². The maximum absolute atomic E-state index is 12.9. The third kappa shape index (κ3) is 3.99. The molecular weight excluding hydrogens is 352 g/mol. The Morgan fingerprint density at radius 3 is 2.79 bits per heavy atom. The average Bonchev–Trinajstić information content (AvgIpc) is 3.17. The van der Waals surface area contributed by atoms with Gasteiger partial charge in [0.2, 0.25) is 0 Å². The molecule has 2 aromatic rings. The smallest absolute Gasteiger partial charge is 0.263 e. The van der Waals surface area contributed by atoms with Crippen molar-refractivity contribution in [1.29, 1.82) is 0 Å². The molecule has 2 aromatic carbocycles. The van der Waals surface area contributed by atoms with Crippen molar-refractivity contribution in [3.63, 3.8) is 0 Å². The number of aryl methyl sites for hydroxylation is 1. The van der Waals surface area contributed by atoms with Gasteiger partial charge in [-0.1, -0.05) is 36.4 Å². The Bertz CT molecular complexity index is 838. The lowest BCUT2D eigenvalue weighted by Gasteiger charge is -2.29. The lowest BCUT2D eigenvalue weighted by atomic mass is 10.0. The molecule has 5 nitrogen and oxygen atoms in total. The molecule has 148 valence electrons. The van der Waals surface area contributed by atoms with Gasteiger partial charge in [0.1, 0.15) is 5.75 Å². The molecular formula is C23H28N2O3. The van der Waals surface area contributed by atoms with Crippen LogP contribution < -0.4 is 9.64 Å². The first kappa shape index (κ1) is 18.8. The summed E-state index contributed by atoms with van der Waals surface area (Å²) in [6.07, 6.45) is 2.55. The number of hydrogen-bond acceptors (Lipinski definition) is 4. The molecule has 4 rings (SSSR count). The molecule has 28 heavy (non-hydrogen) atoms. The van der Waals surface area contributed by atoms with E-state index in [0.717, 1.165) is 38.0 Å². The van der Waals surface area contributed by atoms with Crippen molar-refractivity contribution in [1.82, 2.24) is 4.90 Å². The molecule has 1 N–H and O–H groups in total. The second-order valence-corrected chi connectivity index (χ2v) is 7.78. The van der Waals surface area contributed by atoms with Gasteiger partial charge in [-0.05, 0) is 48.9 Å². The normalized spacial score (nSPS) is 21.1. The maximum Gasteiger partial charge on any atom is 0.263 e. The van der Waals surface area contributed by atoms with Gasteiger partial charge < -0.3 is 19.6 Å². The largest absolute Gasteiger partial charge is 0.480 e. The molecule has 0 radical (unpaired) electrons. The second-order valence-electron chi connectivity index (χ2n) is 7.78. The van der Waals surface area contributed by atoms with Crippen molar-refractivity contribution in [3.8, 4) is 5.75 Å². The summed E-state index contributed by atoms with van der Waals surface area (Å²) in [5.74, 6) is 0.877. The van der Waals surface area contributed by atoms with Crippen LogP contribution in [-0.2, 0) is 17.6 Å². The molecule has 0 bridgehead atoms. The Morgan fingerprint density at radius 2 is 1.96 bits per heavy atom. The summed E-state index contributed by atoms with van der Waals surface area (Å²) >= 11 is 0. The number of aliphatic hydroxyl groups is 1. The Hall–Kier alpha value is -2.53. The van der Waals surface area contributed by atoms with Crippen LogP contribution in [0.2, 0.25) is 0 Å². The van der Waals surface area contributed by atoms with E-state index in [1.807, 2.05) is 37.4 Å². The van der Waals surface area contributed by atoms with Gasteiger partial charge in [0, 0.05) is 32.4 Å². The van der Waals surface area contributed by atoms with Crippen LogP contribution in [0.25, 0.3) is 0 Å². The minimum absolute atomic E-state index is 0.0450. The number of ether oxygens (including phenoxy) is 1. The topological polar surface area (TPSA) is 53.0 Å².